The van der Waals surface area contributed by atoms with Gasteiger partial charge in [0.2, 0.25) is 0 Å². The molecule has 4 nitrogen and oxygen atoms in total. The maximum Gasteiger partial charge on any atom is 0.473 e. The van der Waals surface area contributed by atoms with Crippen LogP contribution in [0.3, 0.4) is 0 Å². The van der Waals surface area contributed by atoms with Crippen LogP contribution < -0.4 is 0 Å². The fraction of sp³-hybridized carbons (Fsp3) is 0.882. The average molecular weight is 606 g/mol. The summed E-state index contributed by atoms with van der Waals surface area (Å²) in [6.45, 7) is 1.26. The van der Waals surface area contributed by atoms with Crippen LogP contribution in [0.15, 0.2) is 0 Å². The zero-order chi connectivity index (χ0) is 30.8. The van der Waals surface area contributed by atoms with E-state index in [4.69, 9.17) is 0 Å². The first kappa shape index (κ1) is 35.8. The van der Waals surface area contributed by atoms with Crippen LogP contribution in [0.1, 0.15) is 39.0 Å². The Labute approximate surface area is 200 Å². The number of alkyl halides is 17. The monoisotopic (exact) mass is 606 g/mol. The molecule has 0 unspecified atom stereocenters. The van der Waals surface area contributed by atoms with Crippen molar-refractivity contribution in [3.05, 3.63) is 0 Å². The van der Waals surface area contributed by atoms with Gasteiger partial charge in [-0.3, -0.25) is 9.59 Å². The van der Waals surface area contributed by atoms with Gasteiger partial charge in [0.25, 0.3) is 0 Å². The van der Waals surface area contributed by atoms with Crippen LogP contribution >= 0.6 is 0 Å². The molecule has 0 bridgehead atoms. The highest BCUT2D eigenvalue weighted by atomic mass is 19.4. The predicted octanol–water partition coefficient (Wildman–Crippen LogP) is 7.01. The zero-order valence-electron chi connectivity index (χ0n) is 18.3. The Morgan fingerprint density at radius 2 is 0.921 bits per heavy atom. The van der Waals surface area contributed by atoms with Gasteiger partial charge < -0.3 is 9.47 Å². The minimum atomic E-state index is -8.80. The fourth-order valence-electron chi connectivity index (χ4n) is 2.28. The molecule has 0 fully saturated rings. The summed E-state index contributed by atoms with van der Waals surface area (Å²) in [4.78, 5) is 22.4. The van der Waals surface area contributed by atoms with Gasteiger partial charge in [-0.2, -0.15) is 74.6 Å². The van der Waals surface area contributed by atoms with Gasteiger partial charge in [0, 0.05) is 0 Å². The van der Waals surface area contributed by atoms with Crippen molar-refractivity contribution in [2.75, 3.05) is 6.61 Å². The van der Waals surface area contributed by atoms with E-state index in [1.807, 2.05) is 0 Å². The van der Waals surface area contributed by atoms with E-state index in [-0.39, 0.29) is 6.42 Å². The number of hydrogen-bond donors (Lipinski definition) is 0. The van der Waals surface area contributed by atoms with Crippen LogP contribution in [0.5, 0.6) is 0 Å². The first-order chi connectivity index (χ1) is 16.6. The lowest BCUT2D eigenvalue weighted by Crippen LogP contribution is -2.74. The molecule has 0 aliphatic carbocycles. The first-order valence-corrected chi connectivity index (χ1v) is 9.69. The maximum absolute atomic E-state index is 13.6. The summed E-state index contributed by atoms with van der Waals surface area (Å²) >= 11 is 0. The van der Waals surface area contributed by atoms with E-state index in [1.165, 1.54) is 0 Å². The smallest absolute Gasteiger partial charge is 0.465 e. The molecule has 0 aromatic carbocycles. The number of halogens is 17. The molecule has 0 N–H and O–H groups in total. The molecule has 0 aliphatic rings. The summed E-state index contributed by atoms with van der Waals surface area (Å²) in [6, 6.07) is 0. The van der Waals surface area contributed by atoms with Crippen LogP contribution in [0.4, 0.5) is 74.6 Å². The summed E-state index contributed by atoms with van der Waals surface area (Å²) in [5, 5.41) is 0. The molecule has 0 amide bonds. The average Bonchev–Trinajstić information content (AvgIpc) is 2.71. The van der Waals surface area contributed by atoms with Crippen molar-refractivity contribution in [3.63, 3.8) is 0 Å². The topological polar surface area (TPSA) is 52.6 Å². The Hall–Kier alpha value is -2.25. The highest BCUT2D eigenvalue weighted by Gasteiger charge is 2.95. The molecule has 0 atom stereocenters. The summed E-state index contributed by atoms with van der Waals surface area (Å²) in [5.41, 5.74) is 0. The Balaban J connectivity index is 6.01. The summed E-state index contributed by atoms with van der Waals surface area (Å²) in [7, 11) is 0. The third kappa shape index (κ3) is 6.15. The van der Waals surface area contributed by atoms with Crippen molar-refractivity contribution in [1.29, 1.82) is 0 Å². The maximum atomic E-state index is 13.6. The van der Waals surface area contributed by atoms with Crippen molar-refractivity contribution in [1.82, 2.24) is 0 Å². The second-order valence-corrected chi connectivity index (χ2v) is 7.39. The molecule has 0 aliphatic heterocycles. The van der Waals surface area contributed by atoms with Crippen LogP contribution in [0.25, 0.3) is 0 Å². The highest BCUT2D eigenvalue weighted by Crippen LogP contribution is 2.64. The Morgan fingerprint density at radius 1 is 0.526 bits per heavy atom. The van der Waals surface area contributed by atoms with Gasteiger partial charge in [-0.05, 0) is 6.42 Å². The van der Waals surface area contributed by atoms with E-state index < -0.39 is 72.8 Å². The van der Waals surface area contributed by atoms with Crippen molar-refractivity contribution in [3.8, 4) is 0 Å². The predicted molar refractivity (Wildman–Crippen MR) is 86.5 cm³/mol. The number of carbonyl (C=O) groups excluding carboxylic acids is 2. The van der Waals surface area contributed by atoms with Crippen molar-refractivity contribution < 1.29 is 93.7 Å². The SMILES string of the molecule is CCCCCCOC(=O)CC(=O)OC(F)(F)C(F)(F)C(F)(F)C(F)(F)C(F)(F)C(F)(F)C(F)(F)C(F)(F)F. The molecule has 0 radical (unpaired) electrons. The number of esters is 2. The van der Waals surface area contributed by atoms with Crippen LogP contribution in [-0.2, 0) is 19.1 Å². The summed E-state index contributed by atoms with van der Waals surface area (Å²) < 4.78 is 229. The molecule has 38 heavy (non-hydrogen) atoms. The largest absolute Gasteiger partial charge is 0.473 e. The highest BCUT2D eigenvalue weighted by molar-refractivity contribution is 5.91. The van der Waals surface area contributed by atoms with Gasteiger partial charge in [-0.1, -0.05) is 26.2 Å². The molecule has 0 rings (SSSR count). The number of carbonyl (C=O) groups is 2. The van der Waals surface area contributed by atoms with Crippen molar-refractivity contribution in [2.24, 2.45) is 0 Å². The fourth-order valence-corrected chi connectivity index (χ4v) is 2.28. The van der Waals surface area contributed by atoms with Gasteiger partial charge in [0.15, 0.2) is 0 Å². The van der Waals surface area contributed by atoms with Crippen LogP contribution in [0.2, 0.25) is 0 Å². The number of ether oxygens (including phenoxy) is 2. The van der Waals surface area contributed by atoms with Gasteiger partial charge in [0.05, 0.1) is 6.61 Å². The number of rotatable bonds is 14. The molecule has 0 spiro atoms. The van der Waals surface area contributed by atoms with Gasteiger partial charge in [0.1, 0.15) is 6.42 Å². The molecule has 0 aromatic heterocycles. The number of unbranched alkanes of at least 4 members (excludes halogenated alkanes) is 3. The van der Waals surface area contributed by atoms with Gasteiger partial charge in [-0.25, -0.2) is 0 Å². The quantitative estimate of drug-likeness (QED) is 0.0925. The molecule has 0 saturated heterocycles. The van der Waals surface area contributed by atoms with Gasteiger partial charge in [-0.15, -0.1) is 0 Å². The lowest BCUT2D eigenvalue weighted by molar-refractivity contribution is -0.474. The summed E-state index contributed by atoms with van der Waals surface area (Å²) in [6.07, 6.45) is -15.5. The lowest BCUT2D eigenvalue weighted by Gasteiger charge is -2.42. The van der Waals surface area contributed by atoms with Crippen molar-refractivity contribution >= 4 is 11.9 Å². The van der Waals surface area contributed by atoms with Crippen LogP contribution in [-0.4, -0.2) is 66.4 Å². The Morgan fingerprint density at radius 3 is 1.32 bits per heavy atom. The zero-order valence-corrected chi connectivity index (χ0v) is 18.3. The molecular formula is C17H15F17O4. The van der Waals surface area contributed by atoms with Crippen LogP contribution in [0, 0.1) is 0 Å². The molecule has 0 heterocycles. The van der Waals surface area contributed by atoms with E-state index in [1.54, 1.807) is 6.92 Å². The minimum Gasteiger partial charge on any atom is -0.465 e. The van der Waals surface area contributed by atoms with E-state index >= 15 is 0 Å². The van der Waals surface area contributed by atoms with E-state index in [2.05, 4.69) is 9.47 Å². The van der Waals surface area contributed by atoms with Crippen molar-refractivity contribution in [2.45, 2.75) is 86.8 Å². The second kappa shape index (κ2) is 11.1. The first-order valence-electron chi connectivity index (χ1n) is 9.69. The second-order valence-electron chi connectivity index (χ2n) is 7.39. The van der Waals surface area contributed by atoms with E-state index in [0.717, 1.165) is 0 Å². The minimum absolute atomic E-state index is 0.121. The molecule has 21 heteroatoms. The summed E-state index contributed by atoms with van der Waals surface area (Å²) in [5.74, 6) is -56.1. The third-order valence-electron chi connectivity index (χ3n) is 4.48. The Bertz CT molecular complexity index is 835. The lowest BCUT2D eigenvalue weighted by atomic mass is 9.90. The molecule has 226 valence electrons. The molecular weight excluding hydrogens is 591 g/mol. The normalized spacial score (nSPS) is 14.9. The van der Waals surface area contributed by atoms with E-state index in [9.17, 15) is 84.2 Å². The van der Waals surface area contributed by atoms with Gasteiger partial charge >= 0.3 is 59.8 Å². The Kier molecular flexibility index (Phi) is 10.4. The van der Waals surface area contributed by atoms with E-state index in [0.29, 0.717) is 19.3 Å². The number of hydrogen-bond acceptors (Lipinski definition) is 4. The third-order valence-corrected chi connectivity index (χ3v) is 4.48. The molecule has 0 aromatic rings. The molecule has 0 saturated carbocycles. The standard InChI is InChI=1S/C17H15F17O4/c1-2-3-4-5-6-37-8(35)7-9(36)38-17(33,34)15(28,29)13(24,25)11(20,21)10(18,19)12(22,23)14(26,27)16(30,31)32/h2-7H2,1H3.